The van der Waals surface area contributed by atoms with Crippen molar-refractivity contribution in [3.8, 4) is 11.5 Å². The van der Waals surface area contributed by atoms with Crippen molar-refractivity contribution in [3.05, 3.63) is 84.4 Å². The van der Waals surface area contributed by atoms with Crippen molar-refractivity contribution < 1.29 is 14.3 Å². The Labute approximate surface area is 152 Å². The van der Waals surface area contributed by atoms with E-state index in [1.807, 2.05) is 54.6 Å². The smallest absolute Gasteiger partial charge is 0.323 e. The second-order valence-corrected chi connectivity index (χ2v) is 5.58. The number of para-hydroxylation sites is 2. The third-order valence-corrected chi connectivity index (χ3v) is 3.72. The van der Waals surface area contributed by atoms with E-state index in [0.29, 0.717) is 23.7 Å². The minimum Gasteiger partial charge on any atom is -0.495 e. The third-order valence-electron chi connectivity index (χ3n) is 3.72. The highest BCUT2D eigenvalue weighted by atomic mass is 16.5. The topological polar surface area (TPSA) is 59.6 Å². The molecule has 0 saturated carbocycles. The molecule has 0 spiro atoms. The van der Waals surface area contributed by atoms with Crippen molar-refractivity contribution in [1.29, 1.82) is 0 Å². The zero-order valence-corrected chi connectivity index (χ0v) is 14.4. The van der Waals surface area contributed by atoms with Gasteiger partial charge in [-0.3, -0.25) is 0 Å². The molecule has 3 aromatic carbocycles. The summed E-state index contributed by atoms with van der Waals surface area (Å²) in [6.07, 6.45) is 0. The van der Waals surface area contributed by atoms with E-state index in [1.54, 1.807) is 31.4 Å². The van der Waals surface area contributed by atoms with Crippen molar-refractivity contribution >= 4 is 17.4 Å². The molecule has 0 heterocycles. The predicted octanol–water partition coefficient (Wildman–Crippen LogP) is 4.92. The van der Waals surface area contributed by atoms with Crippen LogP contribution in [-0.2, 0) is 6.61 Å². The van der Waals surface area contributed by atoms with Gasteiger partial charge in [0.1, 0.15) is 18.1 Å². The molecule has 0 fully saturated rings. The molecule has 0 atom stereocenters. The Morgan fingerprint density at radius 2 is 1.54 bits per heavy atom. The molecule has 0 aliphatic rings. The summed E-state index contributed by atoms with van der Waals surface area (Å²) in [6, 6.07) is 24.1. The van der Waals surface area contributed by atoms with E-state index in [-0.39, 0.29) is 6.03 Å². The fourth-order valence-electron chi connectivity index (χ4n) is 2.41. The highest BCUT2D eigenvalue weighted by molar-refractivity contribution is 6.00. The summed E-state index contributed by atoms with van der Waals surface area (Å²) >= 11 is 0. The average Bonchev–Trinajstić information content (AvgIpc) is 2.68. The van der Waals surface area contributed by atoms with E-state index in [9.17, 15) is 4.79 Å². The number of hydrogen-bond donors (Lipinski definition) is 2. The first-order valence-corrected chi connectivity index (χ1v) is 8.22. The van der Waals surface area contributed by atoms with Gasteiger partial charge in [0.2, 0.25) is 0 Å². The minimum atomic E-state index is -0.340. The number of rotatable bonds is 6. The summed E-state index contributed by atoms with van der Waals surface area (Å²) in [4.78, 5) is 12.1. The molecule has 0 saturated heterocycles. The van der Waals surface area contributed by atoms with Crippen LogP contribution in [0, 0.1) is 0 Å². The lowest BCUT2D eigenvalue weighted by Crippen LogP contribution is -2.19. The van der Waals surface area contributed by atoms with Crippen LogP contribution in [0.5, 0.6) is 11.5 Å². The van der Waals surface area contributed by atoms with Gasteiger partial charge in [-0.2, -0.15) is 0 Å². The van der Waals surface area contributed by atoms with Crippen molar-refractivity contribution in [2.45, 2.75) is 6.61 Å². The van der Waals surface area contributed by atoms with E-state index in [4.69, 9.17) is 9.47 Å². The summed E-state index contributed by atoms with van der Waals surface area (Å²) < 4.78 is 10.9. The second-order valence-electron chi connectivity index (χ2n) is 5.58. The number of ether oxygens (including phenoxy) is 2. The van der Waals surface area contributed by atoms with Crippen LogP contribution in [0.15, 0.2) is 78.9 Å². The van der Waals surface area contributed by atoms with Gasteiger partial charge in [-0.05, 0) is 42.0 Å². The molecule has 2 N–H and O–H groups in total. The van der Waals surface area contributed by atoms with Gasteiger partial charge in [0.25, 0.3) is 0 Å². The maximum absolute atomic E-state index is 12.1. The third kappa shape index (κ3) is 4.77. The molecule has 5 heteroatoms. The Morgan fingerprint density at radius 3 is 2.27 bits per heavy atom. The Balaban J connectivity index is 1.54. The fraction of sp³-hybridized carbons (Fsp3) is 0.0952. The lowest BCUT2D eigenvalue weighted by molar-refractivity contribution is 0.262. The Bertz CT molecular complexity index is 849. The van der Waals surface area contributed by atoms with E-state index in [2.05, 4.69) is 10.6 Å². The maximum Gasteiger partial charge on any atom is 0.323 e. The monoisotopic (exact) mass is 348 g/mol. The van der Waals surface area contributed by atoms with Crippen molar-refractivity contribution in [2.75, 3.05) is 17.7 Å². The molecular weight excluding hydrogens is 328 g/mol. The highest BCUT2D eigenvalue weighted by Crippen LogP contribution is 2.23. The van der Waals surface area contributed by atoms with Crippen molar-refractivity contribution in [2.24, 2.45) is 0 Å². The van der Waals surface area contributed by atoms with E-state index in [0.717, 1.165) is 11.3 Å². The van der Waals surface area contributed by atoms with E-state index >= 15 is 0 Å². The normalized spacial score (nSPS) is 10.0. The number of benzene rings is 3. The first-order valence-electron chi connectivity index (χ1n) is 8.22. The summed E-state index contributed by atoms with van der Waals surface area (Å²) in [5, 5.41) is 5.55. The number of methoxy groups -OCH3 is 1. The van der Waals surface area contributed by atoms with Gasteiger partial charge in [0.15, 0.2) is 0 Å². The van der Waals surface area contributed by atoms with Gasteiger partial charge < -0.3 is 20.1 Å². The van der Waals surface area contributed by atoms with Gasteiger partial charge in [-0.25, -0.2) is 4.79 Å². The molecule has 0 bridgehead atoms. The van der Waals surface area contributed by atoms with Gasteiger partial charge in [0.05, 0.1) is 12.8 Å². The van der Waals surface area contributed by atoms with Gasteiger partial charge in [-0.15, -0.1) is 0 Å². The Kier molecular flexibility index (Phi) is 5.72. The number of anilines is 2. The summed E-state index contributed by atoms with van der Waals surface area (Å²) in [5.74, 6) is 1.34. The first kappa shape index (κ1) is 17.4. The van der Waals surface area contributed by atoms with Gasteiger partial charge >= 0.3 is 6.03 Å². The fourth-order valence-corrected chi connectivity index (χ4v) is 2.41. The Hall–Kier alpha value is -3.47. The molecule has 0 radical (unpaired) electrons. The highest BCUT2D eigenvalue weighted by Gasteiger charge is 2.07. The van der Waals surface area contributed by atoms with Crippen LogP contribution in [0.2, 0.25) is 0 Å². The minimum absolute atomic E-state index is 0.340. The van der Waals surface area contributed by atoms with E-state index < -0.39 is 0 Å². The molecule has 2 amide bonds. The van der Waals surface area contributed by atoms with Gasteiger partial charge in [-0.1, -0.05) is 42.5 Å². The predicted molar refractivity (Wildman–Crippen MR) is 103 cm³/mol. The number of carbonyl (C=O) groups excluding carboxylic acids is 1. The number of urea groups is 1. The SMILES string of the molecule is COc1ccccc1NC(=O)Nc1ccc(OCc2ccccc2)cc1. The van der Waals surface area contributed by atoms with Crippen molar-refractivity contribution in [1.82, 2.24) is 0 Å². The largest absolute Gasteiger partial charge is 0.495 e. The summed E-state index contributed by atoms with van der Waals surface area (Å²) in [5.41, 5.74) is 2.38. The number of hydrogen-bond acceptors (Lipinski definition) is 3. The van der Waals surface area contributed by atoms with E-state index in [1.165, 1.54) is 0 Å². The average molecular weight is 348 g/mol. The standard InChI is InChI=1S/C21H20N2O3/c1-25-20-10-6-5-9-19(20)23-21(24)22-17-11-13-18(14-12-17)26-15-16-7-3-2-4-8-16/h2-14H,15H2,1H3,(H2,22,23,24). The molecule has 0 unspecified atom stereocenters. The molecule has 0 aliphatic carbocycles. The molecule has 132 valence electrons. The number of amides is 2. The lowest BCUT2D eigenvalue weighted by atomic mass is 10.2. The summed E-state index contributed by atoms with van der Waals surface area (Å²) in [6.45, 7) is 0.502. The van der Waals surface area contributed by atoms with Crippen LogP contribution < -0.4 is 20.1 Å². The Morgan fingerprint density at radius 1 is 0.846 bits per heavy atom. The molecule has 3 aromatic rings. The van der Waals surface area contributed by atoms with Gasteiger partial charge in [0, 0.05) is 5.69 Å². The molecule has 26 heavy (non-hydrogen) atoms. The zero-order chi connectivity index (χ0) is 18.2. The summed E-state index contributed by atoms with van der Waals surface area (Å²) in [7, 11) is 1.56. The maximum atomic E-state index is 12.1. The second kappa shape index (κ2) is 8.58. The van der Waals surface area contributed by atoms with Crippen LogP contribution in [-0.4, -0.2) is 13.1 Å². The zero-order valence-electron chi connectivity index (χ0n) is 14.4. The molecular formula is C21H20N2O3. The number of nitrogens with one attached hydrogen (secondary N) is 2. The molecule has 3 rings (SSSR count). The molecule has 0 aliphatic heterocycles. The van der Waals surface area contributed by atoms with Crippen LogP contribution in [0.25, 0.3) is 0 Å². The van der Waals surface area contributed by atoms with Crippen LogP contribution >= 0.6 is 0 Å². The van der Waals surface area contributed by atoms with Crippen molar-refractivity contribution in [3.63, 3.8) is 0 Å². The van der Waals surface area contributed by atoms with Crippen LogP contribution in [0.1, 0.15) is 5.56 Å². The van der Waals surface area contributed by atoms with Crippen LogP contribution in [0.3, 0.4) is 0 Å². The molecule has 5 nitrogen and oxygen atoms in total. The number of carbonyl (C=O) groups is 1. The lowest BCUT2D eigenvalue weighted by Gasteiger charge is -2.11. The molecule has 0 aromatic heterocycles. The quantitative estimate of drug-likeness (QED) is 0.665. The first-order chi connectivity index (χ1) is 12.7. The van der Waals surface area contributed by atoms with Crippen LogP contribution in [0.4, 0.5) is 16.2 Å².